The highest BCUT2D eigenvalue weighted by Gasteiger charge is 2.45. The van der Waals surface area contributed by atoms with E-state index in [2.05, 4.69) is 12.1 Å². The van der Waals surface area contributed by atoms with Crippen LogP contribution in [0.3, 0.4) is 0 Å². The normalized spacial score (nSPS) is 20.7. The van der Waals surface area contributed by atoms with E-state index in [1.807, 2.05) is 79.7 Å². The number of hydrogen-bond acceptors (Lipinski definition) is 6. The minimum atomic E-state index is -0.737. The molecule has 39 heavy (non-hydrogen) atoms. The van der Waals surface area contributed by atoms with Gasteiger partial charge in [0.05, 0.1) is 6.61 Å². The molecule has 0 amide bonds. The van der Waals surface area contributed by atoms with Gasteiger partial charge in [-0.2, -0.15) is 0 Å². The Bertz CT molecular complexity index is 1380. The summed E-state index contributed by atoms with van der Waals surface area (Å²) in [6, 6.07) is 27.7. The molecule has 1 aliphatic heterocycles. The van der Waals surface area contributed by atoms with Crippen molar-refractivity contribution in [1.29, 1.82) is 0 Å². The number of aliphatic imine (C=N–C) groups is 1. The summed E-state index contributed by atoms with van der Waals surface area (Å²) >= 11 is 0. The van der Waals surface area contributed by atoms with Crippen molar-refractivity contribution in [2.75, 3.05) is 20.3 Å². The number of nitrogens with zero attached hydrogens (tertiary/aromatic N) is 1. The van der Waals surface area contributed by atoms with E-state index < -0.39 is 17.8 Å². The number of benzene rings is 3. The number of hydrogen-bond donors (Lipinski definition) is 0. The quantitative estimate of drug-likeness (QED) is 0.253. The molecule has 1 heterocycles. The number of Topliss-reactive ketones (excluding diaryl/α,β-unsaturated/α-hetero) is 1. The van der Waals surface area contributed by atoms with E-state index in [0.717, 1.165) is 22.4 Å². The van der Waals surface area contributed by atoms with E-state index in [1.54, 1.807) is 7.11 Å². The molecule has 1 unspecified atom stereocenters. The zero-order valence-corrected chi connectivity index (χ0v) is 22.3. The van der Waals surface area contributed by atoms with Crippen molar-refractivity contribution >= 4 is 17.5 Å². The van der Waals surface area contributed by atoms with Crippen molar-refractivity contribution < 1.29 is 23.8 Å². The minimum absolute atomic E-state index is 0.0129. The molecule has 200 valence electrons. The molecule has 1 aliphatic carbocycles. The number of carbonyl (C=O) groups is 2. The summed E-state index contributed by atoms with van der Waals surface area (Å²) in [6.45, 7) is 2.65. The molecule has 0 saturated carbocycles. The molecule has 3 aromatic carbocycles. The Morgan fingerprint density at radius 1 is 0.897 bits per heavy atom. The fourth-order valence-corrected chi connectivity index (χ4v) is 5.58. The van der Waals surface area contributed by atoms with E-state index >= 15 is 0 Å². The molecule has 2 aliphatic rings. The number of allylic oxidation sites excluding steroid dienone is 2. The lowest BCUT2D eigenvalue weighted by molar-refractivity contribution is -0.147. The highest BCUT2D eigenvalue weighted by molar-refractivity contribution is 6.09. The minimum Gasteiger partial charge on any atom is -0.489 e. The third-order valence-electron chi connectivity index (χ3n) is 7.44. The molecule has 0 saturated heterocycles. The fraction of sp³-hybridized carbons (Fsp3) is 0.303. The molecule has 3 atom stereocenters. The van der Waals surface area contributed by atoms with Crippen molar-refractivity contribution in [3.05, 3.63) is 113 Å². The van der Waals surface area contributed by atoms with Crippen molar-refractivity contribution in [1.82, 2.24) is 0 Å². The summed E-state index contributed by atoms with van der Waals surface area (Å²) in [6.07, 6.45) is 1.00. The molecule has 0 N–H and O–H groups in total. The second kappa shape index (κ2) is 12.2. The van der Waals surface area contributed by atoms with Gasteiger partial charge in [0.15, 0.2) is 5.78 Å². The number of rotatable bonds is 9. The van der Waals surface area contributed by atoms with Crippen molar-refractivity contribution in [2.45, 2.75) is 38.2 Å². The third-order valence-corrected chi connectivity index (χ3v) is 7.44. The monoisotopic (exact) mass is 523 g/mol. The lowest BCUT2D eigenvalue weighted by Gasteiger charge is -2.37. The smallest absolute Gasteiger partial charge is 0.315 e. The van der Waals surface area contributed by atoms with E-state index in [-0.39, 0.29) is 18.3 Å². The molecule has 5 rings (SSSR count). The first-order valence-corrected chi connectivity index (χ1v) is 13.3. The first-order chi connectivity index (χ1) is 19.1. The van der Waals surface area contributed by atoms with Crippen molar-refractivity contribution in [2.24, 2.45) is 10.9 Å². The van der Waals surface area contributed by atoms with Crippen LogP contribution in [0.15, 0.2) is 101 Å². The van der Waals surface area contributed by atoms with Crippen LogP contribution >= 0.6 is 0 Å². The SMILES string of the molecule is COCCOC(=O)C1C(C)=NC2=C(C(=O)C[C@@H](c3ccccc3)C2)[C@@H]1c1ccccc1OCc1ccccc1. The summed E-state index contributed by atoms with van der Waals surface area (Å²) in [4.78, 5) is 32.2. The van der Waals surface area contributed by atoms with E-state index in [9.17, 15) is 9.59 Å². The number of ether oxygens (including phenoxy) is 3. The number of carbonyl (C=O) groups excluding carboxylic acids is 2. The number of ketones is 1. The molecular weight excluding hydrogens is 490 g/mol. The Morgan fingerprint density at radius 3 is 2.33 bits per heavy atom. The van der Waals surface area contributed by atoms with Gasteiger partial charge in [0, 0.05) is 42.0 Å². The average Bonchev–Trinajstić information content (AvgIpc) is 2.96. The van der Waals surface area contributed by atoms with E-state index in [1.165, 1.54) is 0 Å². The largest absolute Gasteiger partial charge is 0.489 e. The first kappa shape index (κ1) is 26.6. The van der Waals surface area contributed by atoms with Crippen LogP contribution in [0.25, 0.3) is 0 Å². The standard InChI is InChI=1S/C33H33NO5/c1-22-30(33(36)38-18-17-37-2)31(26-15-9-10-16-29(26)39-21-23-11-5-3-6-12-23)32-27(34-22)19-25(20-28(32)35)24-13-7-4-8-14-24/h3-16,25,30-31H,17-21H2,1-2H3/t25-,30?,31+/m0/s1. The maximum atomic E-state index is 13.9. The number of para-hydroxylation sites is 1. The van der Waals surface area contributed by atoms with Gasteiger partial charge in [0.1, 0.15) is 24.9 Å². The van der Waals surface area contributed by atoms with Crippen LogP contribution in [0, 0.1) is 5.92 Å². The average molecular weight is 524 g/mol. The molecule has 6 nitrogen and oxygen atoms in total. The summed E-state index contributed by atoms with van der Waals surface area (Å²) in [5.74, 6) is -1.01. The predicted molar refractivity (Wildman–Crippen MR) is 150 cm³/mol. The maximum Gasteiger partial charge on any atom is 0.315 e. The molecule has 0 spiro atoms. The molecule has 3 aromatic rings. The van der Waals surface area contributed by atoms with E-state index in [0.29, 0.717) is 43.1 Å². The maximum absolute atomic E-state index is 13.9. The van der Waals surface area contributed by atoms with Crippen LogP contribution in [0.4, 0.5) is 0 Å². The molecule has 0 fully saturated rings. The topological polar surface area (TPSA) is 74.2 Å². The van der Waals surface area contributed by atoms with E-state index in [4.69, 9.17) is 19.2 Å². The molecule has 0 radical (unpaired) electrons. The van der Waals surface area contributed by atoms with Crippen LogP contribution in [0.1, 0.15) is 48.3 Å². The van der Waals surface area contributed by atoms with Gasteiger partial charge in [-0.05, 0) is 36.5 Å². The van der Waals surface area contributed by atoms with Gasteiger partial charge < -0.3 is 14.2 Å². The van der Waals surface area contributed by atoms with Crippen LogP contribution in [0.5, 0.6) is 5.75 Å². The molecule has 0 aromatic heterocycles. The molecular formula is C33H33NO5. The second-order valence-electron chi connectivity index (χ2n) is 9.98. The van der Waals surface area contributed by atoms with Gasteiger partial charge >= 0.3 is 5.97 Å². The lowest BCUT2D eigenvalue weighted by Crippen LogP contribution is -2.38. The van der Waals surface area contributed by atoms with Crippen LogP contribution < -0.4 is 4.74 Å². The lowest BCUT2D eigenvalue weighted by atomic mass is 9.69. The Morgan fingerprint density at radius 2 is 1.59 bits per heavy atom. The van der Waals surface area contributed by atoms with Crippen LogP contribution in [0.2, 0.25) is 0 Å². The summed E-state index contributed by atoms with van der Waals surface area (Å²) in [5.41, 5.74) is 4.92. The zero-order chi connectivity index (χ0) is 27.2. The Labute approximate surface area is 229 Å². The van der Waals surface area contributed by atoms with Crippen molar-refractivity contribution in [3.8, 4) is 5.75 Å². The zero-order valence-electron chi connectivity index (χ0n) is 22.3. The predicted octanol–water partition coefficient (Wildman–Crippen LogP) is 6.03. The third kappa shape index (κ3) is 5.86. The van der Waals surface area contributed by atoms with Crippen molar-refractivity contribution in [3.63, 3.8) is 0 Å². The number of esters is 1. The van der Waals surface area contributed by atoms with Gasteiger partial charge in [0.2, 0.25) is 0 Å². The molecule has 0 bridgehead atoms. The first-order valence-electron chi connectivity index (χ1n) is 13.3. The van der Waals surface area contributed by atoms with Gasteiger partial charge in [-0.1, -0.05) is 78.9 Å². The highest BCUT2D eigenvalue weighted by atomic mass is 16.6. The second-order valence-corrected chi connectivity index (χ2v) is 9.98. The van der Waals surface area contributed by atoms with Gasteiger partial charge in [-0.25, -0.2) is 0 Å². The summed E-state index contributed by atoms with van der Waals surface area (Å²) in [7, 11) is 1.56. The number of methoxy groups -OCH3 is 1. The van der Waals surface area contributed by atoms with Crippen LogP contribution in [-0.2, 0) is 25.7 Å². The van der Waals surface area contributed by atoms with Crippen LogP contribution in [-0.4, -0.2) is 37.8 Å². The summed E-state index contributed by atoms with van der Waals surface area (Å²) < 4.78 is 17.0. The Kier molecular flexibility index (Phi) is 8.33. The van der Waals surface area contributed by atoms with Gasteiger partial charge in [-0.3, -0.25) is 14.6 Å². The van der Waals surface area contributed by atoms with Gasteiger partial charge in [0.25, 0.3) is 0 Å². The Hall–Kier alpha value is -4.03. The van der Waals surface area contributed by atoms with Gasteiger partial charge in [-0.15, -0.1) is 0 Å². The Balaban J connectivity index is 1.55. The highest BCUT2D eigenvalue weighted by Crippen LogP contribution is 2.48. The summed E-state index contributed by atoms with van der Waals surface area (Å²) in [5, 5.41) is 0. The fourth-order valence-electron chi connectivity index (χ4n) is 5.58. The molecule has 6 heteroatoms.